The Morgan fingerprint density at radius 1 is 1.57 bits per heavy atom. The number of β-lactam (4-membered cyclic amide) rings is 1. The Hall–Kier alpha value is -0.630. The molecule has 1 fully saturated rings. The summed E-state index contributed by atoms with van der Waals surface area (Å²) in [4.78, 5) is 35.9. The van der Waals surface area contributed by atoms with Gasteiger partial charge < -0.3 is 10.1 Å². The number of nitrogens with one attached hydrogen (secondary N) is 1. The van der Waals surface area contributed by atoms with Gasteiger partial charge in [-0.1, -0.05) is 34.8 Å². The molecule has 0 radical (unpaired) electrons. The van der Waals surface area contributed by atoms with Crippen LogP contribution >= 0.6 is 46.6 Å². The van der Waals surface area contributed by atoms with Crippen molar-refractivity contribution in [2.45, 2.75) is 22.1 Å². The summed E-state index contributed by atoms with van der Waals surface area (Å²) in [5, 5.41) is 2.11. The van der Waals surface area contributed by atoms with Gasteiger partial charge in [0.15, 0.2) is 0 Å². The Morgan fingerprint density at radius 2 is 2.24 bits per heavy atom. The standard InChI is InChI=1S/C11H11Cl3N2O4S/c1-5-2-21-9-6(15-4-17)8(18)16(9)7(5)10(19)20-3-11(12,13)14/h4,6,9H,2-3H2,1H3,(H,15,17)/t6?,9-/m0/s1. The first-order valence-electron chi connectivity index (χ1n) is 5.84. The lowest BCUT2D eigenvalue weighted by molar-refractivity contribution is -0.152. The summed E-state index contributed by atoms with van der Waals surface area (Å²) < 4.78 is 3.21. The number of alkyl halides is 3. The Bertz CT molecular complexity index is 520. The molecule has 116 valence electrons. The van der Waals surface area contributed by atoms with E-state index < -0.39 is 22.4 Å². The number of halogens is 3. The van der Waals surface area contributed by atoms with Crippen molar-refractivity contribution in [2.24, 2.45) is 0 Å². The highest BCUT2D eigenvalue weighted by Crippen LogP contribution is 2.40. The molecule has 0 bridgehead atoms. The van der Waals surface area contributed by atoms with Crippen molar-refractivity contribution in [3.05, 3.63) is 11.3 Å². The molecule has 10 heteroatoms. The van der Waals surface area contributed by atoms with Gasteiger partial charge in [-0.3, -0.25) is 14.5 Å². The maximum atomic E-state index is 12.1. The van der Waals surface area contributed by atoms with Crippen LogP contribution in [-0.2, 0) is 19.1 Å². The minimum atomic E-state index is -1.71. The van der Waals surface area contributed by atoms with E-state index in [0.717, 1.165) is 0 Å². The number of fused-ring (bicyclic) bond motifs is 1. The summed E-state index contributed by atoms with van der Waals surface area (Å²) in [7, 11) is 0. The van der Waals surface area contributed by atoms with Crippen molar-refractivity contribution in [2.75, 3.05) is 12.4 Å². The number of hydrogen-bond donors (Lipinski definition) is 1. The van der Waals surface area contributed by atoms with Crippen LogP contribution in [0.1, 0.15) is 6.92 Å². The van der Waals surface area contributed by atoms with Gasteiger partial charge in [-0.15, -0.1) is 11.8 Å². The van der Waals surface area contributed by atoms with Crippen molar-refractivity contribution >= 4 is 64.9 Å². The Kier molecular flexibility index (Phi) is 4.97. The van der Waals surface area contributed by atoms with E-state index >= 15 is 0 Å². The van der Waals surface area contributed by atoms with E-state index in [2.05, 4.69) is 5.32 Å². The number of thioether (sulfide) groups is 1. The molecule has 0 aliphatic carbocycles. The molecule has 21 heavy (non-hydrogen) atoms. The molecular weight excluding hydrogens is 363 g/mol. The maximum Gasteiger partial charge on any atom is 0.355 e. The fourth-order valence-electron chi connectivity index (χ4n) is 2.07. The van der Waals surface area contributed by atoms with Crippen molar-refractivity contribution in [3.8, 4) is 0 Å². The third-order valence-electron chi connectivity index (χ3n) is 2.97. The molecule has 2 amide bonds. The molecular formula is C11H11Cl3N2O4S. The fourth-order valence-corrected chi connectivity index (χ4v) is 3.54. The van der Waals surface area contributed by atoms with Crippen LogP contribution in [0.15, 0.2) is 11.3 Å². The summed E-state index contributed by atoms with van der Waals surface area (Å²) in [5.41, 5.74) is 0.852. The average molecular weight is 374 g/mol. The Morgan fingerprint density at radius 3 is 2.81 bits per heavy atom. The summed E-state index contributed by atoms with van der Waals surface area (Å²) in [6, 6.07) is -0.628. The second-order valence-electron chi connectivity index (χ2n) is 4.49. The first-order valence-corrected chi connectivity index (χ1v) is 8.02. The summed E-state index contributed by atoms with van der Waals surface area (Å²) >= 11 is 18.0. The molecule has 0 spiro atoms. The highest BCUT2D eigenvalue weighted by molar-refractivity contribution is 8.00. The van der Waals surface area contributed by atoms with E-state index in [1.807, 2.05) is 0 Å². The monoisotopic (exact) mass is 372 g/mol. The predicted octanol–water partition coefficient (Wildman–Crippen LogP) is 1.20. The predicted molar refractivity (Wildman–Crippen MR) is 80.0 cm³/mol. The molecule has 2 aliphatic heterocycles. The van der Waals surface area contributed by atoms with E-state index in [0.29, 0.717) is 17.7 Å². The number of hydrogen-bond acceptors (Lipinski definition) is 5. The van der Waals surface area contributed by atoms with Crippen LogP contribution in [0.4, 0.5) is 0 Å². The van der Waals surface area contributed by atoms with Gasteiger partial charge in [0, 0.05) is 5.75 Å². The zero-order valence-corrected chi connectivity index (χ0v) is 13.9. The zero-order valence-electron chi connectivity index (χ0n) is 10.8. The highest BCUT2D eigenvalue weighted by atomic mass is 35.6. The molecule has 6 nitrogen and oxygen atoms in total. The third-order valence-corrected chi connectivity index (χ3v) is 4.72. The van der Waals surface area contributed by atoms with Gasteiger partial charge >= 0.3 is 5.97 Å². The number of esters is 1. The van der Waals surface area contributed by atoms with Crippen LogP contribution in [-0.4, -0.2) is 50.8 Å². The molecule has 2 heterocycles. The molecule has 0 saturated carbocycles. The lowest BCUT2D eigenvalue weighted by Crippen LogP contribution is -2.69. The van der Waals surface area contributed by atoms with Gasteiger partial charge in [-0.2, -0.15) is 0 Å². The summed E-state index contributed by atoms with van der Waals surface area (Å²) in [6.07, 6.45) is 0.465. The number of ether oxygens (including phenoxy) is 1. The Labute approximate surface area is 140 Å². The van der Waals surface area contributed by atoms with Gasteiger partial charge in [0.05, 0.1) is 0 Å². The topological polar surface area (TPSA) is 75.7 Å². The fraction of sp³-hybridized carbons (Fsp3) is 0.545. The number of nitrogens with zero attached hydrogens (tertiary/aromatic N) is 1. The molecule has 1 unspecified atom stereocenters. The first kappa shape index (κ1) is 16.7. The SMILES string of the molecule is CC1=C(C(=O)OCC(Cl)(Cl)Cl)N2C(=O)C(NC=O)[C@@H]2SC1. The number of carbonyl (C=O) groups is 3. The van der Waals surface area contributed by atoms with Crippen LogP contribution in [0.2, 0.25) is 0 Å². The van der Waals surface area contributed by atoms with Gasteiger partial charge in [0.2, 0.25) is 10.2 Å². The van der Waals surface area contributed by atoms with E-state index in [1.165, 1.54) is 16.7 Å². The number of amides is 2. The van der Waals surface area contributed by atoms with Gasteiger partial charge in [-0.05, 0) is 12.5 Å². The smallest absolute Gasteiger partial charge is 0.355 e. The van der Waals surface area contributed by atoms with Crippen LogP contribution in [0.25, 0.3) is 0 Å². The van der Waals surface area contributed by atoms with Crippen LogP contribution in [0.3, 0.4) is 0 Å². The number of carbonyl (C=O) groups excluding carboxylic acids is 3. The van der Waals surface area contributed by atoms with Crippen molar-refractivity contribution in [1.29, 1.82) is 0 Å². The third kappa shape index (κ3) is 3.41. The highest BCUT2D eigenvalue weighted by Gasteiger charge is 2.53. The second kappa shape index (κ2) is 6.24. The van der Waals surface area contributed by atoms with Gasteiger partial charge in [0.1, 0.15) is 23.7 Å². The Balaban J connectivity index is 2.13. The van der Waals surface area contributed by atoms with Crippen LogP contribution in [0.5, 0.6) is 0 Å². The average Bonchev–Trinajstić information content (AvgIpc) is 2.41. The summed E-state index contributed by atoms with van der Waals surface area (Å²) in [5.74, 6) is -0.537. The van der Waals surface area contributed by atoms with Crippen LogP contribution < -0.4 is 5.32 Å². The van der Waals surface area contributed by atoms with Crippen molar-refractivity contribution < 1.29 is 19.1 Å². The van der Waals surface area contributed by atoms with Crippen LogP contribution in [0, 0.1) is 0 Å². The normalized spacial score (nSPS) is 25.1. The van der Waals surface area contributed by atoms with Crippen molar-refractivity contribution in [1.82, 2.24) is 10.2 Å². The molecule has 1 N–H and O–H groups in total. The second-order valence-corrected chi connectivity index (χ2v) is 8.11. The molecule has 0 aromatic carbocycles. The number of rotatable bonds is 4. The molecule has 2 aliphatic rings. The quantitative estimate of drug-likeness (QED) is 0.347. The lowest BCUT2D eigenvalue weighted by atomic mass is 10.0. The summed E-state index contributed by atoms with van der Waals surface area (Å²) in [6.45, 7) is 1.31. The molecule has 2 atom stereocenters. The molecule has 2 rings (SSSR count). The largest absolute Gasteiger partial charge is 0.456 e. The van der Waals surface area contributed by atoms with Gasteiger partial charge in [-0.25, -0.2) is 4.79 Å². The molecule has 1 saturated heterocycles. The molecule has 0 aromatic rings. The minimum Gasteiger partial charge on any atom is -0.456 e. The van der Waals surface area contributed by atoms with E-state index in [-0.39, 0.29) is 17.0 Å². The van der Waals surface area contributed by atoms with E-state index in [9.17, 15) is 14.4 Å². The zero-order chi connectivity index (χ0) is 15.8. The first-order chi connectivity index (χ1) is 9.76. The van der Waals surface area contributed by atoms with E-state index in [1.54, 1.807) is 6.92 Å². The molecule has 0 aromatic heterocycles. The van der Waals surface area contributed by atoms with E-state index in [4.69, 9.17) is 39.5 Å². The van der Waals surface area contributed by atoms with Gasteiger partial charge in [0.25, 0.3) is 5.91 Å². The van der Waals surface area contributed by atoms with Crippen molar-refractivity contribution in [3.63, 3.8) is 0 Å². The maximum absolute atomic E-state index is 12.1. The lowest BCUT2D eigenvalue weighted by Gasteiger charge is -2.49. The minimum absolute atomic E-state index is 0.155.